The van der Waals surface area contributed by atoms with E-state index in [9.17, 15) is 4.79 Å². The van der Waals surface area contributed by atoms with Crippen LogP contribution in [0, 0.1) is 0 Å². The SMILES string of the molecule is O=C(O)Cc1ccn2c(Cl)cnc2n1. The van der Waals surface area contributed by atoms with E-state index in [1.807, 2.05) is 0 Å². The number of carboxylic acid groups (broad SMARTS) is 1. The second-order valence-electron chi connectivity index (χ2n) is 2.74. The molecular weight excluding hydrogens is 206 g/mol. The predicted molar refractivity (Wildman–Crippen MR) is 49.3 cm³/mol. The molecule has 0 amide bonds. The van der Waals surface area contributed by atoms with Crippen LogP contribution < -0.4 is 0 Å². The fourth-order valence-corrected chi connectivity index (χ4v) is 1.31. The molecule has 0 saturated carbocycles. The van der Waals surface area contributed by atoms with Gasteiger partial charge in [0.25, 0.3) is 0 Å². The minimum atomic E-state index is -0.917. The first kappa shape index (κ1) is 8.96. The second kappa shape index (κ2) is 3.26. The summed E-state index contributed by atoms with van der Waals surface area (Å²) in [5, 5.41) is 9.00. The Kier molecular flexibility index (Phi) is 2.09. The topological polar surface area (TPSA) is 67.5 Å². The Bertz CT molecular complexity index is 494. The number of rotatable bonds is 2. The van der Waals surface area contributed by atoms with Crippen molar-refractivity contribution in [2.45, 2.75) is 6.42 Å². The average Bonchev–Trinajstić information content (AvgIpc) is 2.46. The van der Waals surface area contributed by atoms with E-state index in [-0.39, 0.29) is 6.42 Å². The van der Waals surface area contributed by atoms with Crippen molar-refractivity contribution < 1.29 is 9.90 Å². The molecule has 0 saturated heterocycles. The smallest absolute Gasteiger partial charge is 0.309 e. The molecule has 0 fully saturated rings. The van der Waals surface area contributed by atoms with Gasteiger partial charge in [-0.2, -0.15) is 0 Å². The van der Waals surface area contributed by atoms with Crippen LogP contribution in [0.2, 0.25) is 5.15 Å². The van der Waals surface area contributed by atoms with E-state index in [0.29, 0.717) is 16.6 Å². The highest BCUT2D eigenvalue weighted by Gasteiger charge is 2.05. The first-order chi connectivity index (χ1) is 6.66. The zero-order valence-corrected chi connectivity index (χ0v) is 7.77. The molecule has 2 aromatic heterocycles. The summed E-state index contributed by atoms with van der Waals surface area (Å²) in [6.45, 7) is 0. The Labute approximate surface area is 84.0 Å². The van der Waals surface area contributed by atoms with Crippen LogP contribution in [0.1, 0.15) is 5.69 Å². The van der Waals surface area contributed by atoms with Crippen molar-refractivity contribution in [2.24, 2.45) is 0 Å². The number of aliphatic carboxylic acids is 1. The maximum Gasteiger partial charge on any atom is 0.309 e. The zero-order chi connectivity index (χ0) is 10.1. The molecule has 0 radical (unpaired) electrons. The molecule has 2 rings (SSSR count). The second-order valence-corrected chi connectivity index (χ2v) is 3.13. The van der Waals surface area contributed by atoms with Gasteiger partial charge in [0.15, 0.2) is 0 Å². The lowest BCUT2D eigenvalue weighted by atomic mass is 10.3. The number of fused-ring (bicyclic) bond motifs is 1. The standard InChI is InChI=1S/C8H6ClN3O2/c9-6-4-10-8-11-5(3-7(13)14)1-2-12(6)8/h1-2,4H,3H2,(H,13,14). The Morgan fingerprint density at radius 3 is 3.14 bits per heavy atom. The highest BCUT2D eigenvalue weighted by Crippen LogP contribution is 2.10. The zero-order valence-electron chi connectivity index (χ0n) is 7.01. The molecule has 0 aromatic carbocycles. The molecule has 0 aliphatic rings. The van der Waals surface area contributed by atoms with Gasteiger partial charge in [-0.05, 0) is 6.07 Å². The van der Waals surface area contributed by atoms with Gasteiger partial charge in [-0.1, -0.05) is 11.6 Å². The molecule has 2 heterocycles. The van der Waals surface area contributed by atoms with Crippen LogP contribution in [-0.2, 0) is 11.2 Å². The van der Waals surface area contributed by atoms with Crippen LogP contribution in [0.25, 0.3) is 5.78 Å². The summed E-state index contributed by atoms with van der Waals surface area (Å²) >= 11 is 5.77. The predicted octanol–water partition coefficient (Wildman–Crippen LogP) is 1.01. The lowest BCUT2D eigenvalue weighted by Gasteiger charge is -1.97. The number of aromatic nitrogens is 3. The van der Waals surface area contributed by atoms with E-state index < -0.39 is 5.97 Å². The van der Waals surface area contributed by atoms with Crippen molar-refractivity contribution in [3.63, 3.8) is 0 Å². The molecule has 6 heteroatoms. The van der Waals surface area contributed by atoms with Gasteiger partial charge in [0.2, 0.25) is 5.78 Å². The van der Waals surface area contributed by atoms with Gasteiger partial charge in [0.1, 0.15) is 5.15 Å². The summed E-state index contributed by atoms with van der Waals surface area (Å²) in [6, 6.07) is 1.61. The Balaban J connectivity index is 2.46. The van der Waals surface area contributed by atoms with E-state index in [0.717, 1.165) is 0 Å². The minimum Gasteiger partial charge on any atom is -0.481 e. The van der Waals surface area contributed by atoms with Crippen LogP contribution in [-0.4, -0.2) is 25.4 Å². The Morgan fingerprint density at radius 2 is 2.43 bits per heavy atom. The molecule has 0 aliphatic carbocycles. The first-order valence-corrected chi connectivity index (χ1v) is 4.25. The third-order valence-electron chi connectivity index (χ3n) is 1.72. The number of carboxylic acids is 1. The number of imidazole rings is 1. The summed E-state index contributed by atoms with van der Waals surface area (Å²) in [5.74, 6) is -0.506. The summed E-state index contributed by atoms with van der Waals surface area (Å²) in [6.07, 6.45) is 3.01. The van der Waals surface area contributed by atoms with Crippen LogP contribution in [0.4, 0.5) is 0 Å². The van der Waals surface area contributed by atoms with Crippen LogP contribution >= 0.6 is 11.6 Å². The third-order valence-corrected chi connectivity index (χ3v) is 2.00. The molecule has 0 spiro atoms. The molecule has 1 N–H and O–H groups in total. The van der Waals surface area contributed by atoms with Crippen molar-refractivity contribution >= 4 is 23.3 Å². The summed E-state index contributed by atoms with van der Waals surface area (Å²) in [7, 11) is 0. The van der Waals surface area contributed by atoms with E-state index in [1.54, 1.807) is 16.7 Å². The maximum absolute atomic E-state index is 10.4. The number of carbonyl (C=O) groups is 1. The molecule has 14 heavy (non-hydrogen) atoms. The average molecular weight is 212 g/mol. The fraction of sp³-hybridized carbons (Fsp3) is 0.125. The minimum absolute atomic E-state index is 0.110. The normalized spacial score (nSPS) is 10.6. The van der Waals surface area contributed by atoms with E-state index >= 15 is 0 Å². The van der Waals surface area contributed by atoms with Crippen molar-refractivity contribution in [1.29, 1.82) is 0 Å². The third kappa shape index (κ3) is 1.54. The lowest BCUT2D eigenvalue weighted by Crippen LogP contribution is -2.03. The van der Waals surface area contributed by atoms with Crippen LogP contribution in [0.3, 0.4) is 0 Å². The van der Waals surface area contributed by atoms with Crippen molar-refractivity contribution in [1.82, 2.24) is 14.4 Å². The van der Waals surface area contributed by atoms with Gasteiger partial charge < -0.3 is 5.11 Å². The number of halogens is 1. The van der Waals surface area contributed by atoms with Gasteiger partial charge in [0, 0.05) is 6.20 Å². The largest absolute Gasteiger partial charge is 0.481 e. The summed E-state index contributed by atoms with van der Waals surface area (Å²) in [4.78, 5) is 18.4. The molecule has 0 bridgehead atoms. The van der Waals surface area contributed by atoms with Crippen LogP contribution in [0.5, 0.6) is 0 Å². The molecule has 72 valence electrons. The van der Waals surface area contributed by atoms with E-state index in [1.165, 1.54) is 6.20 Å². The number of hydrogen-bond acceptors (Lipinski definition) is 3. The molecule has 0 atom stereocenters. The van der Waals surface area contributed by atoms with Gasteiger partial charge in [-0.25, -0.2) is 9.97 Å². The number of hydrogen-bond donors (Lipinski definition) is 1. The molecule has 0 unspecified atom stereocenters. The monoisotopic (exact) mass is 211 g/mol. The molecule has 2 aromatic rings. The molecular formula is C8H6ClN3O2. The van der Waals surface area contributed by atoms with Gasteiger partial charge in [0.05, 0.1) is 18.3 Å². The number of nitrogens with zero attached hydrogens (tertiary/aromatic N) is 3. The van der Waals surface area contributed by atoms with Gasteiger partial charge >= 0.3 is 5.97 Å². The Morgan fingerprint density at radius 1 is 1.64 bits per heavy atom. The lowest BCUT2D eigenvalue weighted by molar-refractivity contribution is -0.136. The maximum atomic E-state index is 10.4. The van der Waals surface area contributed by atoms with Crippen molar-refractivity contribution in [3.05, 3.63) is 29.3 Å². The van der Waals surface area contributed by atoms with Crippen LogP contribution in [0.15, 0.2) is 18.5 Å². The molecule has 5 nitrogen and oxygen atoms in total. The van der Waals surface area contributed by atoms with Crippen molar-refractivity contribution in [3.8, 4) is 0 Å². The molecule has 0 aliphatic heterocycles. The quantitative estimate of drug-likeness (QED) is 0.805. The van der Waals surface area contributed by atoms with Gasteiger partial charge in [-0.15, -0.1) is 0 Å². The highest BCUT2D eigenvalue weighted by molar-refractivity contribution is 6.29. The van der Waals surface area contributed by atoms with Gasteiger partial charge in [-0.3, -0.25) is 9.20 Å². The van der Waals surface area contributed by atoms with E-state index in [2.05, 4.69) is 9.97 Å². The summed E-state index contributed by atoms with van der Waals surface area (Å²) in [5.41, 5.74) is 0.465. The highest BCUT2D eigenvalue weighted by atomic mass is 35.5. The first-order valence-electron chi connectivity index (χ1n) is 3.87. The van der Waals surface area contributed by atoms with E-state index in [4.69, 9.17) is 16.7 Å². The van der Waals surface area contributed by atoms with Crippen molar-refractivity contribution in [2.75, 3.05) is 0 Å². The summed E-state index contributed by atoms with van der Waals surface area (Å²) < 4.78 is 1.58. The Hall–Kier alpha value is -1.62. The fourth-order valence-electron chi connectivity index (χ4n) is 1.13.